The predicted octanol–water partition coefficient (Wildman–Crippen LogP) is 6.41. The average molecular weight is 582 g/mol. The van der Waals surface area contributed by atoms with Crippen LogP contribution in [-0.4, -0.2) is 42.3 Å². The van der Waals surface area contributed by atoms with Crippen molar-refractivity contribution in [3.63, 3.8) is 0 Å². The lowest BCUT2D eigenvalue weighted by Crippen LogP contribution is -2.32. The Morgan fingerprint density at radius 1 is 1.00 bits per heavy atom. The van der Waals surface area contributed by atoms with Gasteiger partial charge in [0.25, 0.3) is 11.1 Å². The number of carbonyl (C=O) groups excluding carboxylic acids is 3. The van der Waals surface area contributed by atoms with E-state index in [1.54, 1.807) is 55.7 Å². The summed E-state index contributed by atoms with van der Waals surface area (Å²) in [6.07, 6.45) is 1.55. The Labute approximate surface area is 227 Å². The molecular formula is C28H24BrNO6S. The van der Waals surface area contributed by atoms with Crippen LogP contribution in [0.2, 0.25) is 0 Å². The number of thioether (sulfide) groups is 1. The van der Waals surface area contributed by atoms with Crippen LogP contribution in [0.15, 0.2) is 70.0 Å². The number of methoxy groups -OCH3 is 1. The van der Waals surface area contributed by atoms with Crippen molar-refractivity contribution in [1.29, 1.82) is 0 Å². The normalized spacial score (nSPS) is 14.3. The molecule has 0 radical (unpaired) electrons. The first-order valence-corrected chi connectivity index (χ1v) is 13.0. The van der Waals surface area contributed by atoms with Crippen molar-refractivity contribution in [2.75, 3.05) is 20.3 Å². The van der Waals surface area contributed by atoms with Gasteiger partial charge in [-0.3, -0.25) is 14.5 Å². The molecule has 0 N–H and O–H groups in total. The summed E-state index contributed by atoms with van der Waals surface area (Å²) in [5.74, 6) is 0.619. The topological polar surface area (TPSA) is 82.1 Å². The maximum Gasteiger partial charge on any atom is 0.343 e. The lowest BCUT2D eigenvalue weighted by Gasteiger charge is -2.14. The van der Waals surface area contributed by atoms with Gasteiger partial charge in [-0.15, -0.1) is 0 Å². The van der Waals surface area contributed by atoms with E-state index in [4.69, 9.17) is 14.2 Å². The predicted molar refractivity (Wildman–Crippen MR) is 146 cm³/mol. The van der Waals surface area contributed by atoms with E-state index in [2.05, 4.69) is 15.9 Å². The smallest absolute Gasteiger partial charge is 0.343 e. The summed E-state index contributed by atoms with van der Waals surface area (Å²) in [5.41, 5.74) is 2.87. The first kappa shape index (κ1) is 26.5. The molecule has 0 bridgehead atoms. The van der Waals surface area contributed by atoms with Gasteiger partial charge in [0.1, 0.15) is 23.9 Å². The molecule has 4 rings (SSSR count). The van der Waals surface area contributed by atoms with Crippen LogP contribution in [0.5, 0.6) is 17.2 Å². The molecule has 37 heavy (non-hydrogen) atoms. The highest BCUT2D eigenvalue weighted by atomic mass is 79.9. The highest BCUT2D eigenvalue weighted by molar-refractivity contribution is 9.10. The number of ether oxygens (including phenoxy) is 3. The van der Waals surface area contributed by atoms with E-state index in [-0.39, 0.29) is 29.0 Å². The fourth-order valence-electron chi connectivity index (χ4n) is 3.55. The Bertz CT molecular complexity index is 1390. The van der Waals surface area contributed by atoms with E-state index in [0.717, 1.165) is 38.0 Å². The first-order chi connectivity index (χ1) is 17.7. The molecule has 9 heteroatoms. The van der Waals surface area contributed by atoms with E-state index in [1.165, 1.54) is 0 Å². The lowest BCUT2D eigenvalue weighted by molar-refractivity contribution is -0.123. The molecule has 0 atom stereocenters. The van der Waals surface area contributed by atoms with E-state index in [1.807, 2.05) is 32.0 Å². The summed E-state index contributed by atoms with van der Waals surface area (Å²) in [7, 11) is 1.54. The Morgan fingerprint density at radius 2 is 1.76 bits per heavy atom. The van der Waals surface area contributed by atoms with Crippen molar-refractivity contribution in [2.24, 2.45) is 0 Å². The number of rotatable bonds is 8. The SMILES string of the molecule is COc1ccc(C(=O)Oc2ccc(Br)cc2/C=C2\SC(=O)N(CCOc3cc(C)ccc3C)C2=O)cc1. The molecule has 1 aliphatic heterocycles. The minimum absolute atomic E-state index is 0.118. The third-order valence-electron chi connectivity index (χ3n) is 5.58. The number of hydrogen-bond donors (Lipinski definition) is 0. The minimum Gasteiger partial charge on any atom is -0.497 e. The van der Waals surface area contributed by atoms with Crippen LogP contribution in [0.25, 0.3) is 6.08 Å². The Kier molecular flexibility index (Phi) is 8.35. The number of benzene rings is 3. The number of nitrogens with zero attached hydrogens (tertiary/aromatic N) is 1. The molecule has 1 aliphatic rings. The second-order valence-electron chi connectivity index (χ2n) is 8.25. The zero-order valence-electron chi connectivity index (χ0n) is 20.4. The monoisotopic (exact) mass is 581 g/mol. The van der Waals surface area contributed by atoms with Crippen LogP contribution in [-0.2, 0) is 4.79 Å². The molecule has 0 unspecified atom stereocenters. The van der Waals surface area contributed by atoms with Gasteiger partial charge >= 0.3 is 5.97 Å². The molecule has 3 aromatic rings. The Hall–Kier alpha value is -3.56. The van der Waals surface area contributed by atoms with Crippen LogP contribution >= 0.6 is 27.7 Å². The molecular weight excluding hydrogens is 558 g/mol. The molecule has 3 aromatic carbocycles. The average Bonchev–Trinajstić information content (AvgIpc) is 3.15. The fourth-order valence-corrected chi connectivity index (χ4v) is 4.79. The number of amides is 2. The lowest BCUT2D eigenvalue weighted by atomic mass is 10.1. The van der Waals surface area contributed by atoms with Gasteiger partial charge in [-0.2, -0.15) is 0 Å². The van der Waals surface area contributed by atoms with Crippen LogP contribution in [0, 0.1) is 13.8 Å². The van der Waals surface area contributed by atoms with Gasteiger partial charge in [-0.25, -0.2) is 4.79 Å². The molecule has 7 nitrogen and oxygen atoms in total. The third-order valence-corrected chi connectivity index (χ3v) is 6.98. The summed E-state index contributed by atoms with van der Waals surface area (Å²) in [6, 6.07) is 17.5. The van der Waals surface area contributed by atoms with Crippen molar-refractivity contribution >= 4 is 50.9 Å². The third kappa shape index (κ3) is 6.42. The molecule has 190 valence electrons. The maximum atomic E-state index is 13.0. The van der Waals surface area contributed by atoms with Gasteiger partial charge in [-0.1, -0.05) is 28.1 Å². The molecule has 0 aromatic heterocycles. The summed E-state index contributed by atoms with van der Waals surface area (Å²) in [4.78, 5) is 39.7. The highest BCUT2D eigenvalue weighted by Gasteiger charge is 2.35. The number of halogens is 1. The largest absolute Gasteiger partial charge is 0.497 e. The second-order valence-corrected chi connectivity index (χ2v) is 10.2. The van der Waals surface area contributed by atoms with Gasteiger partial charge in [0.15, 0.2) is 0 Å². The van der Waals surface area contributed by atoms with E-state index < -0.39 is 11.9 Å². The zero-order chi connectivity index (χ0) is 26.5. The van der Waals surface area contributed by atoms with Crippen LogP contribution in [0.1, 0.15) is 27.0 Å². The van der Waals surface area contributed by atoms with Crippen LogP contribution in [0.3, 0.4) is 0 Å². The maximum absolute atomic E-state index is 13.0. The van der Waals surface area contributed by atoms with Gasteiger partial charge < -0.3 is 14.2 Å². The number of hydrogen-bond acceptors (Lipinski definition) is 7. The summed E-state index contributed by atoms with van der Waals surface area (Å²) >= 11 is 4.25. The van der Waals surface area contributed by atoms with Crippen molar-refractivity contribution in [1.82, 2.24) is 4.90 Å². The molecule has 1 saturated heterocycles. The fraction of sp³-hybridized carbons (Fsp3) is 0.179. The van der Waals surface area contributed by atoms with Crippen molar-refractivity contribution in [3.05, 3.63) is 92.3 Å². The van der Waals surface area contributed by atoms with E-state index >= 15 is 0 Å². The number of imide groups is 1. The Balaban J connectivity index is 1.48. The van der Waals surface area contributed by atoms with Crippen molar-refractivity contribution < 1.29 is 28.6 Å². The number of esters is 1. The van der Waals surface area contributed by atoms with Gasteiger partial charge in [0, 0.05) is 10.0 Å². The van der Waals surface area contributed by atoms with Gasteiger partial charge in [0.05, 0.1) is 24.1 Å². The van der Waals surface area contributed by atoms with E-state index in [0.29, 0.717) is 16.9 Å². The molecule has 0 aliphatic carbocycles. The van der Waals surface area contributed by atoms with Gasteiger partial charge in [0.2, 0.25) is 0 Å². The van der Waals surface area contributed by atoms with Crippen LogP contribution in [0.4, 0.5) is 4.79 Å². The molecule has 1 fully saturated rings. The van der Waals surface area contributed by atoms with Gasteiger partial charge in [-0.05, 0) is 91.3 Å². The van der Waals surface area contributed by atoms with Crippen LogP contribution < -0.4 is 14.2 Å². The first-order valence-electron chi connectivity index (χ1n) is 11.4. The quantitative estimate of drug-likeness (QED) is 0.173. The number of aryl methyl sites for hydroxylation is 2. The number of carbonyl (C=O) groups is 3. The Morgan fingerprint density at radius 3 is 2.49 bits per heavy atom. The van der Waals surface area contributed by atoms with E-state index in [9.17, 15) is 14.4 Å². The second kappa shape index (κ2) is 11.7. The van der Waals surface area contributed by atoms with Crippen molar-refractivity contribution in [2.45, 2.75) is 13.8 Å². The minimum atomic E-state index is -0.559. The van der Waals surface area contributed by atoms with Crippen molar-refractivity contribution in [3.8, 4) is 17.2 Å². The standard InChI is InChI=1S/C28H24BrNO6S/c1-17-4-5-18(2)24(14-17)35-13-12-30-26(31)25(37-28(30)33)16-20-15-21(29)8-11-23(20)36-27(32)19-6-9-22(34-3)10-7-19/h4-11,14-16H,12-13H2,1-3H3/b25-16-. The molecule has 0 saturated carbocycles. The summed E-state index contributed by atoms with van der Waals surface area (Å²) in [6.45, 7) is 4.21. The molecule has 2 amide bonds. The highest BCUT2D eigenvalue weighted by Crippen LogP contribution is 2.35. The molecule has 0 spiro atoms. The molecule has 1 heterocycles. The summed E-state index contributed by atoms with van der Waals surface area (Å²) < 4.78 is 17.3. The zero-order valence-corrected chi connectivity index (χ0v) is 22.9. The summed E-state index contributed by atoms with van der Waals surface area (Å²) in [5, 5.41) is -0.382.